The van der Waals surface area contributed by atoms with Crippen molar-refractivity contribution in [3.8, 4) is 0 Å². The first-order chi connectivity index (χ1) is 9.40. The number of ether oxygens (including phenoxy) is 1. The summed E-state index contributed by atoms with van der Waals surface area (Å²) in [6, 6.07) is 1.82. The lowest BCUT2D eigenvalue weighted by atomic mass is 10.1. The molecule has 0 unspecified atom stereocenters. The molecule has 1 amide bonds. The zero-order chi connectivity index (χ0) is 15.3. The molecule has 0 spiro atoms. The summed E-state index contributed by atoms with van der Waals surface area (Å²) >= 11 is 1.45. The largest absolute Gasteiger partial charge is 0.462 e. The molecule has 0 aliphatic heterocycles. The summed E-state index contributed by atoms with van der Waals surface area (Å²) in [4.78, 5) is 25.0. The van der Waals surface area contributed by atoms with E-state index in [0.29, 0.717) is 23.1 Å². The summed E-state index contributed by atoms with van der Waals surface area (Å²) < 4.78 is 5.05. The molecule has 1 N–H and O–H groups in total. The van der Waals surface area contributed by atoms with Gasteiger partial charge < -0.3 is 10.1 Å². The minimum Gasteiger partial charge on any atom is -0.462 e. The lowest BCUT2D eigenvalue weighted by molar-refractivity contribution is -0.119. The fourth-order valence-electron chi connectivity index (χ4n) is 1.57. The van der Waals surface area contributed by atoms with Gasteiger partial charge in [-0.2, -0.15) is 0 Å². The van der Waals surface area contributed by atoms with Crippen LogP contribution in [0.25, 0.3) is 0 Å². The Bertz CT molecular complexity index is 479. The molecule has 20 heavy (non-hydrogen) atoms. The van der Waals surface area contributed by atoms with Crippen LogP contribution in [0.4, 0.5) is 5.00 Å². The SMILES string of the molecule is CCOC(=O)c1cc(C(C)C)sc1NC(=O)[C@H](C)CC. The maximum atomic E-state index is 12.0. The standard InChI is InChI=1S/C15H23NO3S/c1-6-10(5)13(17)16-14-11(15(18)19-7-2)8-12(20-14)9(3)4/h8-10H,6-7H2,1-5H3,(H,16,17)/t10-/m1/s1. The Morgan fingerprint density at radius 1 is 1.30 bits per heavy atom. The molecule has 1 rings (SSSR count). The third kappa shape index (κ3) is 4.07. The van der Waals surface area contributed by atoms with Gasteiger partial charge in [0.25, 0.3) is 0 Å². The second-order valence-corrected chi connectivity index (χ2v) is 6.15. The van der Waals surface area contributed by atoms with Crippen LogP contribution in [0.3, 0.4) is 0 Å². The highest BCUT2D eigenvalue weighted by Gasteiger charge is 2.21. The molecule has 1 aromatic rings. The smallest absolute Gasteiger partial charge is 0.341 e. The highest BCUT2D eigenvalue weighted by Crippen LogP contribution is 2.33. The van der Waals surface area contributed by atoms with Gasteiger partial charge in [-0.1, -0.05) is 27.7 Å². The predicted molar refractivity (Wildman–Crippen MR) is 82.4 cm³/mol. The number of anilines is 1. The van der Waals surface area contributed by atoms with Crippen LogP contribution in [0.15, 0.2) is 6.07 Å². The second kappa shape index (κ2) is 7.43. The summed E-state index contributed by atoms with van der Waals surface area (Å²) in [5, 5.41) is 3.45. The minimum absolute atomic E-state index is 0.0600. The third-order valence-corrected chi connectivity index (χ3v) is 4.46. The van der Waals surface area contributed by atoms with Crippen LogP contribution < -0.4 is 5.32 Å². The van der Waals surface area contributed by atoms with Crippen LogP contribution in [-0.4, -0.2) is 18.5 Å². The maximum Gasteiger partial charge on any atom is 0.341 e. The Hall–Kier alpha value is -1.36. The maximum absolute atomic E-state index is 12.0. The van der Waals surface area contributed by atoms with Gasteiger partial charge >= 0.3 is 5.97 Å². The van der Waals surface area contributed by atoms with Crippen molar-refractivity contribution in [1.82, 2.24) is 0 Å². The molecule has 0 fully saturated rings. The highest BCUT2D eigenvalue weighted by molar-refractivity contribution is 7.16. The highest BCUT2D eigenvalue weighted by atomic mass is 32.1. The molecule has 0 bridgehead atoms. The van der Waals surface area contributed by atoms with E-state index in [0.717, 1.165) is 11.3 Å². The molecule has 0 aliphatic rings. The van der Waals surface area contributed by atoms with Gasteiger partial charge in [0.2, 0.25) is 5.91 Å². The minimum atomic E-state index is -0.380. The molecule has 0 aromatic carbocycles. The molecule has 0 saturated heterocycles. The summed E-state index contributed by atoms with van der Waals surface area (Å²) in [6.45, 7) is 10.0. The van der Waals surface area contributed by atoms with E-state index in [1.54, 1.807) is 6.92 Å². The Balaban J connectivity index is 3.03. The van der Waals surface area contributed by atoms with E-state index < -0.39 is 0 Å². The predicted octanol–water partition coefficient (Wildman–Crippen LogP) is 4.03. The van der Waals surface area contributed by atoms with E-state index in [1.165, 1.54) is 11.3 Å². The molecule has 1 aromatic heterocycles. The van der Waals surface area contributed by atoms with Crippen molar-refractivity contribution in [2.24, 2.45) is 5.92 Å². The number of thiophene rings is 1. The number of hydrogen-bond donors (Lipinski definition) is 1. The monoisotopic (exact) mass is 297 g/mol. The fraction of sp³-hybridized carbons (Fsp3) is 0.600. The van der Waals surface area contributed by atoms with Crippen molar-refractivity contribution in [1.29, 1.82) is 0 Å². The van der Waals surface area contributed by atoms with Crippen molar-refractivity contribution < 1.29 is 14.3 Å². The molecule has 1 atom stereocenters. The van der Waals surface area contributed by atoms with Crippen molar-refractivity contribution in [3.63, 3.8) is 0 Å². The number of nitrogens with one attached hydrogen (secondary N) is 1. The number of carbonyl (C=O) groups excluding carboxylic acids is 2. The van der Waals surface area contributed by atoms with Crippen LogP contribution in [0, 0.1) is 5.92 Å². The molecule has 1 heterocycles. The van der Waals surface area contributed by atoms with Gasteiger partial charge in [-0.25, -0.2) is 4.79 Å². The van der Waals surface area contributed by atoms with Gasteiger partial charge in [-0.15, -0.1) is 11.3 Å². The number of carbonyl (C=O) groups is 2. The second-order valence-electron chi connectivity index (χ2n) is 5.07. The molecule has 0 radical (unpaired) electrons. The van der Waals surface area contributed by atoms with E-state index in [1.807, 2.05) is 19.9 Å². The summed E-state index contributed by atoms with van der Waals surface area (Å²) in [5.41, 5.74) is 0.456. The number of rotatable bonds is 6. The topological polar surface area (TPSA) is 55.4 Å². The van der Waals surface area contributed by atoms with Crippen molar-refractivity contribution in [2.75, 3.05) is 11.9 Å². The molecular formula is C15H23NO3S. The zero-order valence-electron chi connectivity index (χ0n) is 12.8. The Morgan fingerprint density at radius 3 is 2.45 bits per heavy atom. The summed E-state index contributed by atoms with van der Waals surface area (Å²) in [6.07, 6.45) is 0.767. The Morgan fingerprint density at radius 2 is 1.95 bits per heavy atom. The lowest BCUT2D eigenvalue weighted by Crippen LogP contribution is -2.20. The first-order valence-electron chi connectivity index (χ1n) is 7.02. The normalized spacial score (nSPS) is 12.3. The van der Waals surface area contributed by atoms with Gasteiger partial charge in [0, 0.05) is 10.8 Å². The number of hydrogen-bond acceptors (Lipinski definition) is 4. The molecular weight excluding hydrogens is 274 g/mol. The number of amides is 1. The molecule has 4 nitrogen and oxygen atoms in total. The molecule has 0 saturated carbocycles. The average Bonchev–Trinajstić information content (AvgIpc) is 2.82. The van der Waals surface area contributed by atoms with Crippen LogP contribution in [0.5, 0.6) is 0 Å². The van der Waals surface area contributed by atoms with Crippen molar-refractivity contribution in [2.45, 2.75) is 47.0 Å². The zero-order valence-corrected chi connectivity index (χ0v) is 13.6. The average molecular weight is 297 g/mol. The summed E-state index contributed by atoms with van der Waals surface area (Å²) in [7, 11) is 0. The van der Waals surface area contributed by atoms with Gasteiger partial charge in [0.1, 0.15) is 5.00 Å². The van der Waals surface area contributed by atoms with E-state index in [9.17, 15) is 9.59 Å². The van der Waals surface area contributed by atoms with Crippen LogP contribution in [0.1, 0.15) is 62.2 Å². The van der Waals surface area contributed by atoms with Crippen molar-refractivity contribution in [3.05, 3.63) is 16.5 Å². The van der Waals surface area contributed by atoms with Gasteiger partial charge in [-0.05, 0) is 25.3 Å². The first kappa shape index (κ1) is 16.7. The van der Waals surface area contributed by atoms with Crippen LogP contribution in [0.2, 0.25) is 0 Å². The van der Waals surface area contributed by atoms with Gasteiger partial charge in [0.15, 0.2) is 0 Å². The molecule has 112 valence electrons. The van der Waals surface area contributed by atoms with Gasteiger partial charge in [0.05, 0.1) is 12.2 Å². The molecule has 5 heteroatoms. The van der Waals surface area contributed by atoms with E-state index in [2.05, 4.69) is 19.2 Å². The lowest BCUT2D eigenvalue weighted by Gasteiger charge is -2.09. The fourth-order valence-corrected chi connectivity index (χ4v) is 2.62. The van der Waals surface area contributed by atoms with E-state index in [-0.39, 0.29) is 17.8 Å². The van der Waals surface area contributed by atoms with E-state index >= 15 is 0 Å². The van der Waals surface area contributed by atoms with Crippen LogP contribution >= 0.6 is 11.3 Å². The summed E-state index contributed by atoms with van der Waals surface area (Å²) in [5.74, 6) is -0.206. The Labute approximate surface area is 124 Å². The van der Waals surface area contributed by atoms with Gasteiger partial charge in [-0.3, -0.25) is 4.79 Å². The molecule has 0 aliphatic carbocycles. The Kier molecular flexibility index (Phi) is 6.20. The van der Waals surface area contributed by atoms with Crippen molar-refractivity contribution >= 4 is 28.2 Å². The quantitative estimate of drug-likeness (QED) is 0.806. The van der Waals surface area contributed by atoms with E-state index in [4.69, 9.17) is 4.74 Å². The third-order valence-electron chi connectivity index (χ3n) is 3.11. The first-order valence-corrected chi connectivity index (χ1v) is 7.84. The number of esters is 1. The van der Waals surface area contributed by atoms with Crippen LogP contribution in [-0.2, 0) is 9.53 Å².